The van der Waals surface area contributed by atoms with E-state index in [0.717, 1.165) is 6.42 Å². The standard InChI is InChI=1S/C8H17NS/c1-2-3-4-5-6-7-8(9)10/h2-7H2,1H3,(H2,9,10). The Hall–Kier alpha value is -0.110. The second-order valence-electron chi connectivity index (χ2n) is 2.63. The minimum Gasteiger partial charge on any atom is -0.393 e. The van der Waals surface area contributed by atoms with E-state index in [1.165, 1.54) is 32.1 Å². The Bertz CT molecular complexity index is 91.3. The monoisotopic (exact) mass is 159 g/mol. The SMILES string of the molecule is CCCCCCCC(N)=S. The maximum Gasteiger partial charge on any atom is 0.0727 e. The van der Waals surface area contributed by atoms with Crippen molar-refractivity contribution < 1.29 is 0 Å². The van der Waals surface area contributed by atoms with Gasteiger partial charge in [-0.25, -0.2) is 0 Å². The summed E-state index contributed by atoms with van der Waals surface area (Å²) in [5.41, 5.74) is 5.34. The van der Waals surface area contributed by atoms with Crippen LogP contribution in [0, 0.1) is 0 Å². The van der Waals surface area contributed by atoms with Crippen molar-refractivity contribution >= 4 is 17.2 Å². The van der Waals surface area contributed by atoms with Gasteiger partial charge in [-0.3, -0.25) is 0 Å². The highest BCUT2D eigenvalue weighted by Gasteiger charge is 1.90. The van der Waals surface area contributed by atoms with Crippen LogP contribution in [0.15, 0.2) is 0 Å². The summed E-state index contributed by atoms with van der Waals surface area (Å²) in [5, 5.41) is 0. The van der Waals surface area contributed by atoms with Gasteiger partial charge in [-0.2, -0.15) is 0 Å². The van der Waals surface area contributed by atoms with Crippen molar-refractivity contribution in [2.45, 2.75) is 45.4 Å². The van der Waals surface area contributed by atoms with Crippen molar-refractivity contribution in [3.63, 3.8) is 0 Å². The first-order valence-corrected chi connectivity index (χ1v) is 4.46. The highest BCUT2D eigenvalue weighted by atomic mass is 32.1. The fraction of sp³-hybridized carbons (Fsp3) is 0.875. The maximum atomic E-state index is 5.34. The molecule has 2 N–H and O–H groups in total. The second kappa shape index (κ2) is 7.00. The third-order valence-corrected chi connectivity index (χ3v) is 1.73. The predicted molar refractivity (Wildman–Crippen MR) is 50.2 cm³/mol. The fourth-order valence-corrected chi connectivity index (χ4v) is 1.05. The zero-order chi connectivity index (χ0) is 7.82. The van der Waals surface area contributed by atoms with Crippen LogP contribution in [-0.4, -0.2) is 4.99 Å². The Morgan fingerprint density at radius 2 is 1.80 bits per heavy atom. The molecule has 0 unspecified atom stereocenters. The van der Waals surface area contributed by atoms with Gasteiger partial charge in [-0.05, 0) is 12.8 Å². The van der Waals surface area contributed by atoms with E-state index >= 15 is 0 Å². The summed E-state index contributed by atoms with van der Waals surface area (Å²) in [6.45, 7) is 2.22. The minimum atomic E-state index is 0.663. The Kier molecular flexibility index (Phi) is 6.93. The van der Waals surface area contributed by atoms with Crippen LogP contribution < -0.4 is 5.73 Å². The largest absolute Gasteiger partial charge is 0.393 e. The summed E-state index contributed by atoms with van der Waals surface area (Å²) in [6, 6.07) is 0. The average molecular weight is 159 g/mol. The molecule has 0 aliphatic heterocycles. The molecule has 0 aliphatic rings. The molecule has 0 aromatic carbocycles. The summed E-state index contributed by atoms with van der Waals surface area (Å²) in [7, 11) is 0. The summed E-state index contributed by atoms with van der Waals surface area (Å²) >= 11 is 4.75. The first-order chi connectivity index (χ1) is 4.77. The molecule has 0 aromatic heterocycles. The van der Waals surface area contributed by atoms with Crippen LogP contribution in [0.25, 0.3) is 0 Å². The van der Waals surface area contributed by atoms with E-state index in [-0.39, 0.29) is 0 Å². The molecule has 0 radical (unpaired) electrons. The van der Waals surface area contributed by atoms with Gasteiger partial charge in [0.15, 0.2) is 0 Å². The minimum absolute atomic E-state index is 0.663. The van der Waals surface area contributed by atoms with Gasteiger partial charge >= 0.3 is 0 Å². The molecule has 10 heavy (non-hydrogen) atoms. The molecule has 0 saturated carbocycles. The molecule has 0 aromatic rings. The van der Waals surface area contributed by atoms with Gasteiger partial charge in [0, 0.05) is 0 Å². The van der Waals surface area contributed by atoms with E-state index in [1.807, 2.05) is 0 Å². The lowest BCUT2D eigenvalue weighted by Crippen LogP contribution is -2.06. The van der Waals surface area contributed by atoms with Gasteiger partial charge in [0.2, 0.25) is 0 Å². The van der Waals surface area contributed by atoms with Crippen LogP contribution in [0.2, 0.25) is 0 Å². The summed E-state index contributed by atoms with van der Waals surface area (Å²) in [6.07, 6.45) is 7.36. The highest BCUT2D eigenvalue weighted by molar-refractivity contribution is 7.80. The van der Waals surface area contributed by atoms with Crippen LogP contribution >= 0.6 is 12.2 Å². The van der Waals surface area contributed by atoms with Gasteiger partial charge in [0.25, 0.3) is 0 Å². The van der Waals surface area contributed by atoms with Crippen LogP contribution in [0.5, 0.6) is 0 Å². The van der Waals surface area contributed by atoms with Gasteiger partial charge in [0.1, 0.15) is 0 Å². The van der Waals surface area contributed by atoms with Crippen molar-refractivity contribution in [1.29, 1.82) is 0 Å². The third-order valence-electron chi connectivity index (χ3n) is 1.53. The Morgan fingerprint density at radius 3 is 2.30 bits per heavy atom. The molecule has 0 spiro atoms. The molecule has 0 heterocycles. The van der Waals surface area contributed by atoms with Crippen LogP contribution in [0.4, 0.5) is 0 Å². The lowest BCUT2D eigenvalue weighted by atomic mass is 10.1. The second-order valence-corrected chi connectivity index (χ2v) is 3.15. The number of thiocarbonyl (C=S) groups is 1. The molecule has 0 rings (SSSR count). The van der Waals surface area contributed by atoms with Gasteiger partial charge < -0.3 is 5.73 Å². The van der Waals surface area contributed by atoms with Crippen molar-refractivity contribution in [3.8, 4) is 0 Å². The smallest absolute Gasteiger partial charge is 0.0727 e. The number of hydrogen-bond acceptors (Lipinski definition) is 1. The van der Waals surface area contributed by atoms with Crippen molar-refractivity contribution in [1.82, 2.24) is 0 Å². The molecule has 60 valence electrons. The lowest BCUT2D eigenvalue weighted by Gasteiger charge is -1.97. The molecule has 0 amide bonds. The lowest BCUT2D eigenvalue weighted by molar-refractivity contribution is 0.644. The molecular weight excluding hydrogens is 142 g/mol. The number of nitrogens with two attached hydrogens (primary N) is 1. The average Bonchev–Trinajstić information content (AvgIpc) is 1.87. The third kappa shape index (κ3) is 7.89. The van der Waals surface area contributed by atoms with Crippen LogP contribution in [0.1, 0.15) is 45.4 Å². The van der Waals surface area contributed by atoms with E-state index < -0.39 is 0 Å². The molecule has 0 fully saturated rings. The molecule has 2 heteroatoms. The summed E-state index contributed by atoms with van der Waals surface area (Å²) in [4.78, 5) is 0.663. The van der Waals surface area contributed by atoms with E-state index in [0.29, 0.717) is 4.99 Å². The quantitative estimate of drug-likeness (QED) is 0.476. The van der Waals surface area contributed by atoms with Crippen molar-refractivity contribution in [3.05, 3.63) is 0 Å². The Balaban J connectivity index is 2.84. The topological polar surface area (TPSA) is 26.0 Å². The number of hydrogen-bond donors (Lipinski definition) is 1. The number of unbranched alkanes of at least 4 members (excludes halogenated alkanes) is 4. The van der Waals surface area contributed by atoms with E-state index in [2.05, 4.69) is 6.92 Å². The molecule has 1 nitrogen and oxygen atoms in total. The maximum absolute atomic E-state index is 5.34. The first kappa shape index (κ1) is 9.89. The fourth-order valence-electron chi connectivity index (χ4n) is 0.903. The van der Waals surface area contributed by atoms with E-state index in [1.54, 1.807) is 0 Å². The van der Waals surface area contributed by atoms with Crippen LogP contribution in [-0.2, 0) is 0 Å². The molecule has 0 atom stereocenters. The number of rotatable bonds is 6. The predicted octanol–water partition coefficient (Wildman–Crippen LogP) is 2.63. The van der Waals surface area contributed by atoms with E-state index in [4.69, 9.17) is 18.0 Å². The molecule has 0 saturated heterocycles. The zero-order valence-corrected chi connectivity index (χ0v) is 7.54. The van der Waals surface area contributed by atoms with Gasteiger partial charge in [0.05, 0.1) is 4.99 Å². The Morgan fingerprint density at radius 1 is 1.20 bits per heavy atom. The molecular formula is C8H17NS. The summed E-state index contributed by atoms with van der Waals surface area (Å²) in [5.74, 6) is 0. The van der Waals surface area contributed by atoms with Crippen molar-refractivity contribution in [2.75, 3.05) is 0 Å². The molecule has 0 aliphatic carbocycles. The highest BCUT2D eigenvalue weighted by Crippen LogP contribution is 2.04. The van der Waals surface area contributed by atoms with E-state index in [9.17, 15) is 0 Å². The summed E-state index contributed by atoms with van der Waals surface area (Å²) < 4.78 is 0. The zero-order valence-electron chi connectivity index (χ0n) is 6.73. The molecule has 0 bridgehead atoms. The van der Waals surface area contributed by atoms with Crippen LogP contribution in [0.3, 0.4) is 0 Å². The normalized spacial score (nSPS) is 9.70. The van der Waals surface area contributed by atoms with Gasteiger partial charge in [-0.1, -0.05) is 44.8 Å². The first-order valence-electron chi connectivity index (χ1n) is 4.05. The Labute approximate surface area is 69.0 Å². The van der Waals surface area contributed by atoms with Crippen molar-refractivity contribution in [2.24, 2.45) is 5.73 Å². The van der Waals surface area contributed by atoms with Gasteiger partial charge in [-0.15, -0.1) is 0 Å².